The van der Waals surface area contributed by atoms with Gasteiger partial charge in [0, 0.05) is 12.3 Å². The van der Waals surface area contributed by atoms with E-state index in [1.54, 1.807) is 37.3 Å². The molecule has 5 aliphatic heterocycles. The molecule has 0 aromatic heterocycles. The maximum absolute atomic E-state index is 15.0. The van der Waals surface area contributed by atoms with E-state index in [0.29, 0.717) is 5.56 Å². The van der Waals surface area contributed by atoms with E-state index in [9.17, 15) is 85.6 Å². The summed E-state index contributed by atoms with van der Waals surface area (Å²) in [5, 5.41) is 155. The van der Waals surface area contributed by atoms with Gasteiger partial charge in [-0.25, -0.2) is 0 Å². The first-order chi connectivity index (χ1) is 48.9. The first kappa shape index (κ1) is 77.9. The molecule has 24 N–H and O–H groups in total. The van der Waals surface area contributed by atoms with Crippen LogP contribution in [0.1, 0.15) is 35.1 Å². The number of carbonyl (C=O) groups excluding carboxylic acids is 5. The number of nitrogens with two attached hydrogens (primary N) is 3. The van der Waals surface area contributed by atoms with E-state index in [1.165, 1.54) is 24.3 Å². The van der Waals surface area contributed by atoms with Gasteiger partial charge in [0.2, 0.25) is 29.9 Å². The van der Waals surface area contributed by atoms with E-state index in [1.807, 2.05) is 66.7 Å². The summed E-state index contributed by atoms with van der Waals surface area (Å²) in [6.45, 7) is -2.16. The molecule has 35 heteroatoms. The highest BCUT2D eigenvalue weighted by Crippen LogP contribution is 2.33. The maximum atomic E-state index is 15.0. The number of nitrogens with zero attached hydrogens (tertiary/aromatic N) is 3. The normalized spacial score (nSPS) is 30.3. The lowest BCUT2D eigenvalue weighted by molar-refractivity contribution is -0.353. The Morgan fingerprint density at radius 1 is 0.637 bits per heavy atom. The average Bonchev–Trinajstić information content (AvgIpc) is 1.45. The summed E-state index contributed by atoms with van der Waals surface area (Å²) >= 11 is 0. The van der Waals surface area contributed by atoms with Crippen molar-refractivity contribution in [1.29, 1.82) is 0 Å². The minimum Gasteiger partial charge on any atom is -0.462 e. The van der Waals surface area contributed by atoms with Crippen molar-refractivity contribution >= 4 is 47.4 Å². The molecule has 5 heterocycles. The van der Waals surface area contributed by atoms with Crippen molar-refractivity contribution in [2.45, 2.75) is 166 Å². The van der Waals surface area contributed by atoms with Gasteiger partial charge in [-0.15, -0.1) is 0 Å². The number of rotatable bonds is 31. The molecule has 0 bridgehead atoms. The molecule has 0 aliphatic carbocycles. The number of aldehydes is 1. The van der Waals surface area contributed by atoms with Gasteiger partial charge in [0.1, 0.15) is 122 Å². The molecule has 3 fully saturated rings. The second-order valence-electron chi connectivity index (χ2n) is 25.2. The molecular weight excluding hydrogens is 1340 g/mol. The van der Waals surface area contributed by atoms with Crippen LogP contribution in [-0.4, -0.2) is 306 Å². The van der Waals surface area contributed by atoms with Crippen molar-refractivity contribution in [2.75, 3.05) is 46.1 Å². The standard InChI is InChI=1S/C67H89N11O24/c1-31(33-11-5-2-6-12-33)45(68)60(94)74-39(59(93)76-46(48(83)40-24-71-66(69)75-40)62(96)77-47(61(95)73-36(26-79)27-80)49(84)41-25-72-67(70)78(41)63-55(90)52(87)50(85)42(28-81)99-63)23-32-17-19-37(20-18-32)98-64-57(92)54(89)58(43(29-82)100-64)102-65-56(91)53(88)51(86)44(101-65)30-97-22-21-38(34-13-7-3-8-14-34)35-15-9-4-10-16-35/h2-21,26,31,36,39-58,63-65,80-92H,22-25,27-30,68H2,1H3,(H2,70,72)(H,73,95)(H,74,94)(H,76,93)(H,77,96)(H3,69,71,75)/t31?,36-,39+,40?,41?,42?,43?,44?,45+,46+,47+,48?,49?,50?,51?,52?,53?,54?,55?,56?,57?,58?,63?,64?,65?/m1/s1. The van der Waals surface area contributed by atoms with Gasteiger partial charge in [-0.2, -0.15) is 0 Å². The largest absolute Gasteiger partial charge is 0.462 e. The van der Waals surface area contributed by atoms with Crippen LogP contribution in [0.2, 0.25) is 0 Å². The SMILES string of the molecule is CC(c1ccccc1)[C@H](N)C(=O)N[C@@H](Cc1ccc(OC2OC(CO)C(OC3OC(COCC=C(c4ccccc4)c4ccccc4)C(O)C(O)C3O)C(O)C2O)cc1)C(=O)N[C@H](C(=O)N[C@H](C(=O)N[C@H](C=O)CO)C(O)C1CN=C(N)N1C1OC(CO)C(O)C(O)C1O)C(O)C1CN=C(N)N1. The predicted octanol–water partition coefficient (Wildman–Crippen LogP) is -8.54. The number of ether oxygens (including phenoxy) is 6. The molecule has 3 saturated heterocycles. The molecule has 25 atom stereocenters. The Hall–Kier alpha value is -8.25. The third-order valence-electron chi connectivity index (χ3n) is 18.4. The third kappa shape index (κ3) is 18.4. The molecule has 0 radical (unpaired) electrons. The maximum Gasteiger partial charge on any atom is 0.246 e. The molecule has 4 aromatic carbocycles. The number of nitrogens with one attached hydrogen (secondary N) is 5. The average molecular weight is 1430 g/mol. The van der Waals surface area contributed by atoms with Crippen molar-refractivity contribution in [2.24, 2.45) is 27.2 Å². The fourth-order valence-corrected chi connectivity index (χ4v) is 12.4. The van der Waals surface area contributed by atoms with Crippen molar-refractivity contribution in [3.63, 3.8) is 0 Å². The topological polar surface area (TPSA) is 570 Å². The van der Waals surface area contributed by atoms with Gasteiger partial charge in [-0.05, 0) is 40.0 Å². The van der Waals surface area contributed by atoms with Crippen LogP contribution in [0.15, 0.2) is 131 Å². The first-order valence-electron chi connectivity index (χ1n) is 32.9. The fraction of sp³-hybridized carbons (Fsp3) is 0.507. The van der Waals surface area contributed by atoms with Gasteiger partial charge in [0.25, 0.3) is 0 Å². The van der Waals surface area contributed by atoms with Crippen LogP contribution in [0.4, 0.5) is 0 Å². The second kappa shape index (κ2) is 35.8. The summed E-state index contributed by atoms with van der Waals surface area (Å²) in [5.74, 6) is -6.17. The number of aliphatic imine (C=N–C) groups is 2. The van der Waals surface area contributed by atoms with Crippen LogP contribution < -0.4 is 48.5 Å². The van der Waals surface area contributed by atoms with E-state index >= 15 is 4.79 Å². The zero-order valence-corrected chi connectivity index (χ0v) is 55.1. The van der Waals surface area contributed by atoms with Crippen LogP contribution in [0.3, 0.4) is 0 Å². The number of hydrogen-bond acceptors (Lipinski definition) is 31. The number of guanidine groups is 2. The van der Waals surface area contributed by atoms with Crippen LogP contribution >= 0.6 is 0 Å². The van der Waals surface area contributed by atoms with Gasteiger partial charge >= 0.3 is 0 Å². The fourth-order valence-electron chi connectivity index (χ4n) is 12.4. The zero-order chi connectivity index (χ0) is 73.6. The van der Waals surface area contributed by atoms with E-state index in [-0.39, 0.29) is 43.3 Å². The molecule has 0 saturated carbocycles. The quantitative estimate of drug-likeness (QED) is 0.0164. The Balaban J connectivity index is 0.914. The number of aliphatic hydroxyl groups excluding tert-OH is 13. The number of aliphatic hydroxyl groups is 13. The molecule has 20 unspecified atom stereocenters. The summed E-state index contributed by atoms with van der Waals surface area (Å²) in [7, 11) is 0. The highest BCUT2D eigenvalue weighted by molar-refractivity contribution is 5.96. The van der Waals surface area contributed by atoms with Gasteiger partial charge < -0.3 is 148 Å². The Bertz CT molecular complexity index is 3460. The van der Waals surface area contributed by atoms with Crippen molar-refractivity contribution in [3.05, 3.63) is 144 Å². The third-order valence-corrected chi connectivity index (χ3v) is 18.4. The van der Waals surface area contributed by atoms with E-state index < -0.39 is 215 Å². The van der Waals surface area contributed by atoms with Crippen LogP contribution in [0.25, 0.3) is 5.57 Å². The summed E-state index contributed by atoms with van der Waals surface area (Å²) in [4.78, 5) is 79.4. The molecule has 35 nitrogen and oxygen atoms in total. The molecular formula is C67H89N11O24. The monoisotopic (exact) mass is 1430 g/mol. The second-order valence-corrected chi connectivity index (χ2v) is 25.2. The van der Waals surface area contributed by atoms with Crippen molar-refractivity contribution < 1.29 is 119 Å². The Morgan fingerprint density at radius 3 is 1.80 bits per heavy atom. The molecule has 4 aromatic rings. The summed E-state index contributed by atoms with van der Waals surface area (Å²) in [5.41, 5.74) is 22.2. The summed E-state index contributed by atoms with van der Waals surface area (Å²) < 4.78 is 35.2. The van der Waals surface area contributed by atoms with E-state index in [2.05, 4.69) is 36.6 Å². The Morgan fingerprint density at radius 2 is 1.21 bits per heavy atom. The Kier molecular flexibility index (Phi) is 27.3. The van der Waals surface area contributed by atoms with Crippen LogP contribution in [0, 0.1) is 0 Å². The minimum atomic E-state index is -2.26. The minimum absolute atomic E-state index is 0.0232. The Labute approximate surface area is 584 Å². The van der Waals surface area contributed by atoms with Crippen LogP contribution in [-0.2, 0) is 54.1 Å². The molecule has 9 rings (SSSR count). The molecule has 102 heavy (non-hydrogen) atoms. The highest BCUT2D eigenvalue weighted by Gasteiger charge is 2.54. The molecule has 556 valence electrons. The van der Waals surface area contributed by atoms with Crippen LogP contribution in [0.5, 0.6) is 5.75 Å². The van der Waals surface area contributed by atoms with E-state index in [0.717, 1.165) is 21.6 Å². The lowest BCUT2D eigenvalue weighted by Gasteiger charge is -2.46. The van der Waals surface area contributed by atoms with Gasteiger partial charge in [-0.3, -0.25) is 29.2 Å². The first-order valence-corrected chi connectivity index (χ1v) is 32.9. The zero-order valence-electron chi connectivity index (χ0n) is 55.1. The number of hydrogen-bond donors (Lipinski definition) is 21. The summed E-state index contributed by atoms with van der Waals surface area (Å²) in [6.07, 6.45) is -29.1. The number of benzene rings is 4. The summed E-state index contributed by atoms with van der Waals surface area (Å²) in [6, 6.07) is 21.3. The molecule has 5 aliphatic rings. The van der Waals surface area contributed by atoms with Crippen molar-refractivity contribution in [3.8, 4) is 5.75 Å². The lowest BCUT2D eigenvalue weighted by Crippen LogP contribution is -2.70. The molecule has 0 spiro atoms. The van der Waals surface area contributed by atoms with Gasteiger partial charge in [-0.1, -0.05) is 116 Å². The molecule has 4 amide bonds. The van der Waals surface area contributed by atoms with Crippen molar-refractivity contribution in [1.82, 2.24) is 31.5 Å². The number of amides is 4. The lowest BCUT2D eigenvalue weighted by atomic mass is 9.93. The smallest absolute Gasteiger partial charge is 0.246 e. The predicted molar refractivity (Wildman–Crippen MR) is 356 cm³/mol. The van der Waals surface area contributed by atoms with Gasteiger partial charge in [0.15, 0.2) is 24.4 Å². The number of carbonyl (C=O) groups is 5. The van der Waals surface area contributed by atoms with E-state index in [4.69, 9.17) is 45.6 Å². The highest BCUT2D eigenvalue weighted by atomic mass is 16.7. The van der Waals surface area contributed by atoms with Gasteiger partial charge in [0.05, 0.1) is 64.2 Å².